The molecule has 0 aliphatic carbocycles. The highest BCUT2D eigenvalue weighted by molar-refractivity contribution is 6.32. The molecule has 4 rings (SSSR count). The second kappa shape index (κ2) is 8.67. The quantitative estimate of drug-likeness (QED) is 0.337. The number of aromatic nitrogens is 1. The molecule has 0 amide bonds. The standard InChI is InChI=1S/C24H19ClN2O2/c1-28-21-12-8-20(9-13-21)27-15-14-18(17-27)16-26-19-6-10-22(11-7-19)29-24-5-3-2-4-23(24)25/h2-17H,1H3. The van der Waals surface area contributed by atoms with Gasteiger partial charge in [0.2, 0.25) is 0 Å². The Morgan fingerprint density at radius 3 is 2.31 bits per heavy atom. The molecule has 1 aromatic heterocycles. The van der Waals surface area contributed by atoms with Crippen molar-refractivity contribution < 1.29 is 9.47 Å². The van der Waals surface area contributed by atoms with Gasteiger partial charge in [-0.25, -0.2) is 0 Å². The molecule has 0 radical (unpaired) electrons. The first kappa shape index (κ1) is 18.8. The van der Waals surface area contributed by atoms with Gasteiger partial charge in [-0.3, -0.25) is 4.99 Å². The average Bonchev–Trinajstić information content (AvgIpc) is 3.24. The molecule has 0 aliphatic rings. The van der Waals surface area contributed by atoms with Gasteiger partial charge in [0.15, 0.2) is 0 Å². The number of nitrogens with zero attached hydrogens (tertiary/aromatic N) is 2. The Balaban J connectivity index is 1.42. The summed E-state index contributed by atoms with van der Waals surface area (Å²) < 4.78 is 13.0. The predicted octanol–water partition coefficient (Wildman–Crippen LogP) is 6.68. The van der Waals surface area contributed by atoms with Crippen LogP contribution in [0.5, 0.6) is 17.2 Å². The molecule has 1 heterocycles. The van der Waals surface area contributed by atoms with Crippen molar-refractivity contribution in [3.8, 4) is 22.9 Å². The summed E-state index contributed by atoms with van der Waals surface area (Å²) in [5, 5.41) is 0.580. The van der Waals surface area contributed by atoms with E-state index in [-0.39, 0.29) is 0 Å². The molecule has 0 bridgehead atoms. The van der Waals surface area contributed by atoms with Gasteiger partial charge in [0.05, 0.1) is 17.8 Å². The number of hydrogen-bond acceptors (Lipinski definition) is 3. The molecule has 3 aromatic carbocycles. The molecule has 29 heavy (non-hydrogen) atoms. The van der Waals surface area contributed by atoms with E-state index in [1.54, 1.807) is 13.2 Å². The van der Waals surface area contributed by atoms with E-state index in [4.69, 9.17) is 21.1 Å². The maximum absolute atomic E-state index is 6.13. The maximum atomic E-state index is 6.13. The smallest absolute Gasteiger partial charge is 0.146 e. The Bertz CT molecular complexity index is 1120. The number of hydrogen-bond donors (Lipinski definition) is 0. The number of halogens is 1. The first-order chi connectivity index (χ1) is 14.2. The predicted molar refractivity (Wildman–Crippen MR) is 118 cm³/mol. The van der Waals surface area contributed by atoms with Crippen LogP contribution < -0.4 is 9.47 Å². The van der Waals surface area contributed by atoms with Crippen molar-refractivity contribution in [1.82, 2.24) is 4.57 Å². The summed E-state index contributed by atoms with van der Waals surface area (Å²) in [4.78, 5) is 4.54. The van der Waals surface area contributed by atoms with Gasteiger partial charge in [-0.1, -0.05) is 23.7 Å². The van der Waals surface area contributed by atoms with Gasteiger partial charge >= 0.3 is 0 Å². The molecule has 0 atom stereocenters. The maximum Gasteiger partial charge on any atom is 0.146 e. The summed E-state index contributed by atoms with van der Waals surface area (Å²) >= 11 is 6.13. The molecule has 0 spiro atoms. The largest absolute Gasteiger partial charge is 0.497 e. The topological polar surface area (TPSA) is 35.8 Å². The Morgan fingerprint density at radius 1 is 0.862 bits per heavy atom. The highest BCUT2D eigenvalue weighted by atomic mass is 35.5. The summed E-state index contributed by atoms with van der Waals surface area (Å²) in [5.74, 6) is 2.18. The van der Waals surface area contributed by atoms with Gasteiger partial charge in [0.25, 0.3) is 0 Å². The van der Waals surface area contributed by atoms with Crippen LogP contribution in [0.1, 0.15) is 5.56 Å². The van der Waals surface area contributed by atoms with E-state index in [0.29, 0.717) is 16.5 Å². The third kappa shape index (κ3) is 4.68. The minimum absolute atomic E-state index is 0.580. The summed E-state index contributed by atoms with van der Waals surface area (Å²) in [7, 11) is 1.66. The lowest BCUT2D eigenvalue weighted by molar-refractivity contribution is 0.415. The lowest BCUT2D eigenvalue weighted by Gasteiger charge is -2.07. The molecule has 4 nitrogen and oxygen atoms in total. The molecule has 0 unspecified atom stereocenters. The van der Waals surface area contributed by atoms with E-state index in [1.165, 1.54) is 0 Å². The molecule has 0 N–H and O–H groups in total. The Kier molecular flexibility index (Phi) is 5.63. The summed E-state index contributed by atoms with van der Waals surface area (Å²) in [6.07, 6.45) is 5.87. The SMILES string of the molecule is COc1ccc(-n2ccc(C=Nc3ccc(Oc4ccccc4Cl)cc3)c2)cc1. The van der Waals surface area contributed by atoms with Crippen LogP contribution in [0.4, 0.5) is 5.69 Å². The molecule has 4 aromatic rings. The fourth-order valence-electron chi connectivity index (χ4n) is 2.81. The number of methoxy groups -OCH3 is 1. The molecule has 0 aliphatic heterocycles. The zero-order valence-electron chi connectivity index (χ0n) is 15.8. The zero-order valence-corrected chi connectivity index (χ0v) is 16.6. The highest BCUT2D eigenvalue weighted by Gasteiger charge is 2.02. The molecular formula is C24H19ClN2O2. The minimum atomic E-state index is 0.580. The summed E-state index contributed by atoms with van der Waals surface area (Å²) in [5.41, 5.74) is 2.91. The molecule has 5 heteroatoms. The third-order valence-electron chi connectivity index (χ3n) is 4.35. The van der Waals surface area contributed by atoms with Crippen molar-refractivity contribution >= 4 is 23.5 Å². The normalized spacial score (nSPS) is 11.0. The van der Waals surface area contributed by atoms with E-state index in [1.807, 2.05) is 96.0 Å². The Hall–Kier alpha value is -3.50. The van der Waals surface area contributed by atoms with Gasteiger partial charge in [-0.15, -0.1) is 0 Å². The van der Waals surface area contributed by atoms with Crippen LogP contribution in [-0.4, -0.2) is 17.9 Å². The van der Waals surface area contributed by atoms with Crippen LogP contribution in [0.15, 0.2) is 96.2 Å². The second-order valence-corrected chi connectivity index (χ2v) is 6.74. The summed E-state index contributed by atoms with van der Waals surface area (Å²) in [6, 6.07) is 24.9. The van der Waals surface area contributed by atoms with Gasteiger partial charge < -0.3 is 14.0 Å². The van der Waals surface area contributed by atoms with Crippen molar-refractivity contribution in [1.29, 1.82) is 0 Å². The molecule has 0 fully saturated rings. The lowest BCUT2D eigenvalue weighted by atomic mass is 10.3. The van der Waals surface area contributed by atoms with E-state index in [9.17, 15) is 0 Å². The monoisotopic (exact) mass is 402 g/mol. The van der Waals surface area contributed by atoms with Crippen molar-refractivity contribution in [2.45, 2.75) is 0 Å². The van der Waals surface area contributed by atoms with Gasteiger partial charge in [0, 0.05) is 29.9 Å². The van der Waals surface area contributed by atoms with E-state index in [2.05, 4.69) is 4.99 Å². The van der Waals surface area contributed by atoms with Crippen molar-refractivity contribution in [2.75, 3.05) is 7.11 Å². The first-order valence-corrected chi connectivity index (χ1v) is 9.48. The molecule has 0 saturated carbocycles. The number of rotatable bonds is 6. The van der Waals surface area contributed by atoms with E-state index < -0.39 is 0 Å². The van der Waals surface area contributed by atoms with Crippen LogP contribution in [0, 0.1) is 0 Å². The molecular weight excluding hydrogens is 384 g/mol. The number of benzene rings is 3. The lowest BCUT2D eigenvalue weighted by Crippen LogP contribution is -1.90. The van der Waals surface area contributed by atoms with Crippen molar-refractivity contribution in [2.24, 2.45) is 4.99 Å². The first-order valence-electron chi connectivity index (χ1n) is 9.10. The van der Waals surface area contributed by atoms with E-state index in [0.717, 1.165) is 22.7 Å². The fourth-order valence-corrected chi connectivity index (χ4v) is 2.98. The number of ether oxygens (including phenoxy) is 2. The highest BCUT2D eigenvalue weighted by Crippen LogP contribution is 2.29. The summed E-state index contributed by atoms with van der Waals surface area (Å²) in [6.45, 7) is 0. The molecule has 0 saturated heterocycles. The number of aliphatic imine (C=N–C) groups is 1. The third-order valence-corrected chi connectivity index (χ3v) is 4.66. The van der Waals surface area contributed by atoms with Gasteiger partial charge in [-0.2, -0.15) is 0 Å². The Morgan fingerprint density at radius 2 is 1.59 bits per heavy atom. The van der Waals surface area contributed by atoms with Crippen LogP contribution in [0.25, 0.3) is 5.69 Å². The van der Waals surface area contributed by atoms with Crippen LogP contribution in [0.3, 0.4) is 0 Å². The fraction of sp³-hybridized carbons (Fsp3) is 0.0417. The molecule has 144 valence electrons. The second-order valence-electron chi connectivity index (χ2n) is 6.33. The van der Waals surface area contributed by atoms with Gasteiger partial charge in [-0.05, 0) is 66.7 Å². The van der Waals surface area contributed by atoms with Crippen LogP contribution >= 0.6 is 11.6 Å². The minimum Gasteiger partial charge on any atom is -0.497 e. The Labute approximate surface area is 174 Å². The van der Waals surface area contributed by atoms with Crippen LogP contribution in [0.2, 0.25) is 5.02 Å². The average molecular weight is 403 g/mol. The van der Waals surface area contributed by atoms with Gasteiger partial charge in [0.1, 0.15) is 17.2 Å². The zero-order chi connectivity index (χ0) is 20.1. The van der Waals surface area contributed by atoms with Crippen molar-refractivity contribution in [3.63, 3.8) is 0 Å². The van der Waals surface area contributed by atoms with Crippen molar-refractivity contribution in [3.05, 3.63) is 102 Å². The van der Waals surface area contributed by atoms with Crippen LogP contribution in [-0.2, 0) is 0 Å². The number of para-hydroxylation sites is 1. The van der Waals surface area contributed by atoms with E-state index >= 15 is 0 Å².